The number of hydrazone groups is 1. The zero-order valence-corrected chi connectivity index (χ0v) is 18.2. The summed E-state index contributed by atoms with van der Waals surface area (Å²) in [5, 5.41) is 9.17. The number of nitrogens with one attached hydrogen (secondary N) is 3. The second-order valence-corrected chi connectivity index (χ2v) is 7.52. The van der Waals surface area contributed by atoms with Crippen LogP contribution in [0.25, 0.3) is 5.69 Å². The Balaban J connectivity index is 1.54. The molecule has 1 fully saturated rings. The number of carbonyl (C=O) groups excluding carboxylic acids is 1. The minimum absolute atomic E-state index is 0.0427. The summed E-state index contributed by atoms with van der Waals surface area (Å²) in [6.07, 6.45) is 4.16. The summed E-state index contributed by atoms with van der Waals surface area (Å²) in [6, 6.07) is 11.3. The number of aromatic nitrogens is 2. The van der Waals surface area contributed by atoms with Gasteiger partial charge in [-0.2, -0.15) is 5.10 Å². The summed E-state index contributed by atoms with van der Waals surface area (Å²) >= 11 is 0. The first kappa shape index (κ1) is 22.7. The van der Waals surface area contributed by atoms with Gasteiger partial charge in [0.15, 0.2) is 5.82 Å². The number of aryl methyl sites for hydroxylation is 1. The Hall–Kier alpha value is -4.45. The topological polar surface area (TPSA) is 156 Å². The van der Waals surface area contributed by atoms with Crippen molar-refractivity contribution in [3.63, 3.8) is 0 Å². The lowest BCUT2D eigenvalue weighted by molar-refractivity contribution is 0.252. The number of urea groups is 1. The van der Waals surface area contributed by atoms with E-state index >= 15 is 0 Å². The maximum Gasteiger partial charge on any atom is 0.321 e. The highest BCUT2D eigenvalue weighted by Crippen LogP contribution is 2.25. The molecule has 1 aliphatic rings. The normalized spacial score (nSPS) is 13.6. The van der Waals surface area contributed by atoms with Gasteiger partial charge in [-0.25, -0.2) is 25.5 Å². The van der Waals surface area contributed by atoms with Crippen LogP contribution in [0.3, 0.4) is 0 Å². The third-order valence-corrected chi connectivity index (χ3v) is 5.30. The van der Waals surface area contributed by atoms with Crippen LogP contribution in [-0.4, -0.2) is 34.5 Å². The number of carbonyl (C=O) groups is 1. The van der Waals surface area contributed by atoms with Crippen LogP contribution < -0.4 is 38.2 Å². The Morgan fingerprint density at radius 1 is 1.18 bits per heavy atom. The van der Waals surface area contributed by atoms with Crippen LogP contribution in [0.1, 0.15) is 12.0 Å². The Morgan fingerprint density at radius 3 is 2.65 bits per heavy atom. The molecule has 0 atom stereocenters. The van der Waals surface area contributed by atoms with Gasteiger partial charge in [0, 0.05) is 43.3 Å². The van der Waals surface area contributed by atoms with Crippen molar-refractivity contribution >= 4 is 29.1 Å². The van der Waals surface area contributed by atoms with Gasteiger partial charge in [-0.3, -0.25) is 14.3 Å². The molecule has 2 heterocycles. The van der Waals surface area contributed by atoms with E-state index in [2.05, 4.69) is 26.3 Å². The van der Waals surface area contributed by atoms with Gasteiger partial charge in [-0.1, -0.05) is 12.1 Å². The van der Waals surface area contributed by atoms with Crippen molar-refractivity contribution < 1.29 is 9.18 Å². The molecule has 12 heteroatoms. The summed E-state index contributed by atoms with van der Waals surface area (Å²) in [6.45, 7) is 0.980. The minimum Gasteiger partial charge on any atom is -0.386 e. The standard InChI is InChI=1S/C22H24FN9O2/c23-17-7-6-16(32-12-10-27-22(32)34)13-18(17)28-20-21(33)31(11-9-26-20)15-4-1-14(2-5-15)3-8-19(24)29-30-25/h1-2,4-7,9,11,13,30H,3,8,10,12,25H2,(H2,24,29)(H,26,28)(H,27,34). The first-order chi connectivity index (χ1) is 16.5. The average Bonchev–Trinajstić information content (AvgIpc) is 3.27. The van der Waals surface area contributed by atoms with Gasteiger partial charge in [0.1, 0.15) is 11.7 Å². The largest absolute Gasteiger partial charge is 0.386 e. The Morgan fingerprint density at radius 2 is 1.94 bits per heavy atom. The van der Waals surface area contributed by atoms with Crippen LogP contribution in [0.5, 0.6) is 0 Å². The monoisotopic (exact) mass is 465 g/mol. The lowest BCUT2D eigenvalue weighted by Gasteiger charge is -2.16. The predicted octanol–water partition coefficient (Wildman–Crippen LogP) is 1.31. The number of benzene rings is 2. The molecule has 0 saturated carbocycles. The zero-order chi connectivity index (χ0) is 24.1. The van der Waals surface area contributed by atoms with Crippen LogP contribution >= 0.6 is 0 Å². The highest BCUT2D eigenvalue weighted by molar-refractivity contribution is 5.94. The van der Waals surface area contributed by atoms with Gasteiger partial charge in [0.2, 0.25) is 0 Å². The molecule has 0 radical (unpaired) electrons. The third kappa shape index (κ3) is 4.96. The fourth-order valence-corrected chi connectivity index (χ4v) is 3.56. The molecule has 0 spiro atoms. The number of nitrogens with zero attached hydrogens (tertiary/aromatic N) is 4. The highest BCUT2D eigenvalue weighted by atomic mass is 19.1. The number of hydrogen-bond donors (Lipinski definition) is 5. The first-order valence-corrected chi connectivity index (χ1v) is 10.5. The Kier molecular flexibility index (Phi) is 6.69. The molecule has 1 saturated heterocycles. The summed E-state index contributed by atoms with van der Waals surface area (Å²) in [7, 11) is 0. The molecular weight excluding hydrogens is 441 g/mol. The van der Waals surface area contributed by atoms with Crippen molar-refractivity contribution in [3.05, 3.63) is 76.6 Å². The number of rotatable bonds is 8. The smallest absolute Gasteiger partial charge is 0.321 e. The lowest BCUT2D eigenvalue weighted by Crippen LogP contribution is -2.27. The highest BCUT2D eigenvalue weighted by Gasteiger charge is 2.22. The SMILES string of the molecule is NN/N=C(\N)CCc1ccc(-n2ccnc(Nc3cc(N4CCNC4=O)ccc3F)c2=O)cc1. The number of hydrogen-bond acceptors (Lipinski definition) is 7. The van der Waals surface area contributed by atoms with Crippen LogP contribution in [0, 0.1) is 5.82 Å². The molecule has 0 aliphatic carbocycles. The van der Waals surface area contributed by atoms with Crippen molar-refractivity contribution in [2.24, 2.45) is 16.7 Å². The van der Waals surface area contributed by atoms with Gasteiger partial charge in [-0.15, -0.1) is 0 Å². The summed E-state index contributed by atoms with van der Waals surface area (Å²) in [5.74, 6) is 4.87. The van der Waals surface area contributed by atoms with Crippen LogP contribution in [-0.2, 0) is 6.42 Å². The third-order valence-electron chi connectivity index (χ3n) is 5.30. The molecule has 0 unspecified atom stereocenters. The van der Waals surface area contributed by atoms with Gasteiger partial charge in [0.25, 0.3) is 5.56 Å². The van der Waals surface area contributed by atoms with Crippen molar-refractivity contribution in [1.29, 1.82) is 0 Å². The van der Waals surface area contributed by atoms with E-state index in [1.807, 2.05) is 12.1 Å². The molecule has 7 N–H and O–H groups in total. The van der Waals surface area contributed by atoms with Gasteiger partial charge >= 0.3 is 6.03 Å². The number of amides is 2. The van der Waals surface area contributed by atoms with E-state index in [1.165, 1.54) is 40.1 Å². The molecule has 34 heavy (non-hydrogen) atoms. The fourth-order valence-electron chi connectivity index (χ4n) is 3.56. The van der Waals surface area contributed by atoms with Gasteiger partial charge in [0.05, 0.1) is 5.69 Å². The minimum atomic E-state index is -0.572. The van der Waals surface area contributed by atoms with E-state index in [1.54, 1.807) is 12.1 Å². The molecule has 1 aromatic heterocycles. The average molecular weight is 465 g/mol. The van der Waals surface area contributed by atoms with E-state index in [0.29, 0.717) is 43.1 Å². The quantitative estimate of drug-likeness (QED) is 0.145. The van der Waals surface area contributed by atoms with Crippen LogP contribution in [0.4, 0.5) is 26.4 Å². The molecule has 2 aromatic carbocycles. The fraction of sp³-hybridized carbons (Fsp3) is 0.182. The molecule has 1 aliphatic heterocycles. The summed E-state index contributed by atoms with van der Waals surface area (Å²) in [4.78, 5) is 30.5. The molecule has 3 aromatic rings. The maximum atomic E-state index is 14.5. The van der Waals surface area contributed by atoms with Crippen molar-refractivity contribution in [2.75, 3.05) is 23.3 Å². The van der Waals surface area contributed by atoms with E-state index in [4.69, 9.17) is 11.6 Å². The van der Waals surface area contributed by atoms with E-state index < -0.39 is 11.4 Å². The van der Waals surface area contributed by atoms with Crippen LogP contribution in [0.2, 0.25) is 0 Å². The summed E-state index contributed by atoms with van der Waals surface area (Å²) in [5.41, 5.74) is 9.59. The predicted molar refractivity (Wildman–Crippen MR) is 128 cm³/mol. The van der Waals surface area contributed by atoms with E-state index in [0.717, 1.165) is 5.56 Å². The van der Waals surface area contributed by atoms with Crippen LogP contribution in [0.15, 0.2) is 64.8 Å². The second-order valence-electron chi connectivity index (χ2n) is 7.52. The first-order valence-electron chi connectivity index (χ1n) is 10.5. The number of nitrogens with two attached hydrogens (primary N) is 2. The molecule has 11 nitrogen and oxygen atoms in total. The number of hydrazine groups is 1. The maximum absolute atomic E-state index is 14.5. The van der Waals surface area contributed by atoms with Gasteiger partial charge in [-0.05, 0) is 42.3 Å². The lowest BCUT2D eigenvalue weighted by atomic mass is 10.1. The Labute approximate surface area is 194 Å². The number of halogens is 1. The second kappa shape index (κ2) is 10.0. The summed E-state index contributed by atoms with van der Waals surface area (Å²) < 4.78 is 15.9. The van der Waals surface area contributed by atoms with Crippen molar-refractivity contribution in [3.8, 4) is 5.69 Å². The number of anilines is 3. The van der Waals surface area contributed by atoms with Crippen molar-refractivity contribution in [1.82, 2.24) is 20.4 Å². The van der Waals surface area contributed by atoms with E-state index in [-0.39, 0.29) is 17.5 Å². The van der Waals surface area contributed by atoms with Gasteiger partial charge < -0.3 is 16.4 Å². The van der Waals surface area contributed by atoms with Crippen molar-refractivity contribution in [2.45, 2.75) is 12.8 Å². The molecule has 0 bridgehead atoms. The molecular formula is C22H24FN9O2. The van der Waals surface area contributed by atoms with E-state index in [9.17, 15) is 14.0 Å². The molecule has 2 amide bonds. The molecule has 4 rings (SSSR count). The zero-order valence-electron chi connectivity index (χ0n) is 18.2. The Bertz CT molecular complexity index is 1270. The number of amidine groups is 1. The molecule has 176 valence electrons.